The number of likely N-dealkylation sites (tertiary alicyclic amines) is 1. The Hall–Kier alpha value is -1.66. The zero-order valence-corrected chi connectivity index (χ0v) is 16.3. The molecule has 4 rings (SSSR count). The Morgan fingerprint density at radius 2 is 1.63 bits per heavy atom. The van der Waals surface area contributed by atoms with Crippen molar-refractivity contribution in [1.82, 2.24) is 4.90 Å². The number of hydrogen-bond donors (Lipinski definition) is 0. The van der Waals surface area contributed by atoms with Gasteiger partial charge in [-0.1, -0.05) is 23.9 Å². The molecule has 0 N–H and O–H groups in total. The minimum Gasteiger partial charge on any atom is -0.336 e. The molecule has 1 fully saturated rings. The topological polar surface area (TPSA) is 6.48 Å². The quantitative estimate of drug-likeness (QED) is 0.602. The van der Waals surface area contributed by atoms with Gasteiger partial charge in [-0.3, -0.25) is 0 Å². The Labute approximate surface area is 162 Å². The van der Waals surface area contributed by atoms with Crippen LogP contribution >= 0.6 is 11.8 Å². The van der Waals surface area contributed by atoms with Crippen molar-refractivity contribution in [3.8, 4) is 0 Å². The maximum atomic E-state index is 13.3. The zero-order valence-electron chi connectivity index (χ0n) is 15.5. The second-order valence-electron chi connectivity index (χ2n) is 7.48. The molecule has 2 aromatic carbocycles. The van der Waals surface area contributed by atoms with E-state index in [0.29, 0.717) is 11.7 Å². The van der Waals surface area contributed by atoms with Gasteiger partial charge in [0.05, 0.1) is 16.9 Å². The summed E-state index contributed by atoms with van der Waals surface area (Å²) < 4.78 is 40.0. The van der Waals surface area contributed by atoms with Crippen LogP contribution in [0.1, 0.15) is 32.3 Å². The van der Waals surface area contributed by atoms with Gasteiger partial charge in [-0.2, -0.15) is 13.2 Å². The molecule has 0 amide bonds. The molecule has 2 nitrogen and oxygen atoms in total. The zero-order chi connectivity index (χ0) is 19.2. The summed E-state index contributed by atoms with van der Waals surface area (Å²) >= 11 is 1.56. The monoisotopic (exact) mass is 392 g/mol. The molecule has 0 bridgehead atoms. The van der Waals surface area contributed by atoms with Gasteiger partial charge in [0.15, 0.2) is 0 Å². The fraction of sp³-hybridized carbons (Fsp3) is 0.429. The summed E-state index contributed by atoms with van der Waals surface area (Å²) in [6.45, 7) is 6.33. The van der Waals surface area contributed by atoms with E-state index in [-0.39, 0.29) is 6.04 Å². The number of anilines is 2. The summed E-state index contributed by atoms with van der Waals surface area (Å²) in [7, 11) is 0. The van der Waals surface area contributed by atoms with E-state index in [1.54, 1.807) is 17.8 Å². The summed E-state index contributed by atoms with van der Waals surface area (Å²) in [6, 6.07) is 12.9. The number of benzene rings is 2. The highest BCUT2D eigenvalue weighted by Crippen LogP contribution is 2.51. The first-order valence-electron chi connectivity index (χ1n) is 9.36. The second-order valence-corrected chi connectivity index (χ2v) is 8.56. The number of halogens is 3. The lowest BCUT2D eigenvalue weighted by molar-refractivity contribution is -0.137. The standard InChI is InChI=1S/C21H23F3N2S/c1-14(2)25-11-9-16(10-12-25)26-17-5-3-4-6-19(17)27-20-8-7-15(13-18(20)26)21(22,23)24/h3-8,13-14,16H,9-12H2,1-2H3. The van der Waals surface area contributed by atoms with Crippen LogP contribution in [0.2, 0.25) is 0 Å². The molecule has 144 valence electrons. The number of nitrogens with zero attached hydrogens (tertiary/aromatic N) is 2. The first-order valence-corrected chi connectivity index (χ1v) is 10.2. The summed E-state index contributed by atoms with van der Waals surface area (Å²) in [5.74, 6) is 0. The fourth-order valence-electron chi connectivity index (χ4n) is 4.01. The van der Waals surface area contributed by atoms with Gasteiger partial charge in [0.2, 0.25) is 0 Å². The summed E-state index contributed by atoms with van der Waals surface area (Å²) in [6.07, 6.45) is -2.43. The average Bonchev–Trinajstić information content (AvgIpc) is 2.65. The molecule has 0 aliphatic carbocycles. The molecule has 2 aliphatic heterocycles. The van der Waals surface area contributed by atoms with Gasteiger partial charge >= 0.3 is 6.18 Å². The smallest absolute Gasteiger partial charge is 0.336 e. The van der Waals surface area contributed by atoms with Crippen molar-refractivity contribution in [2.75, 3.05) is 18.0 Å². The molecule has 1 saturated heterocycles. The van der Waals surface area contributed by atoms with Gasteiger partial charge in [-0.05, 0) is 57.0 Å². The van der Waals surface area contributed by atoms with Crippen LogP contribution in [0.25, 0.3) is 0 Å². The number of para-hydroxylation sites is 1. The largest absolute Gasteiger partial charge is 0.416 e. The Bertz CT molecular complexity index is 826. The normalized spacial score (nSPS) is 18.5. The van der Waals surface area contributed by atoms with Crippen LogP contribution in [-0.2, 0) is 6.18 Å². The van der Waals surface area contributed by atoms with Crippen molar-refractivity contribution < 1.29 is 13.2 Å². The van der Waals surface area contributed by atoms with Gasteiger partial charge in [-0.15, -0.1) is 0 Å². The predicted molar refractivity (Wildman–Crippen MR) is 104 cm³/mol. The molecule has 6 heteroatoms. The van der Waals surface area contributed by atoms with Crippen LogP contribution in [0, 0.1) is 0 Å². The molecule has 27 heavy (non-hydrogen) atoms. The second kappa shape index (κ2) is 7.06. The Morgan fingerprint density at radius 3 is 2.30 bits per heavy atom. The molecule has 0 unspecified atom stereocenters. The minimum atomic E-state index is -4.33. The first kappa shape index (κ1) is 18.7. The lowest BCUT2D eigenvalue weighted by Gasteiger charge is -2.43. The van der Waals surface area contributed by atoms with Crippen LogP contribution in [0.15, 0.2) is 52.3 Å². The third-order valence-corrected chi connectivity index (χ3v) is 6.62. The molecule has 0 radical (unpaired) electrons. The van der Waals surface area contributed by atoms with E-state index in [4.69, 9.17) is 0 Å². The lowest BCUT2D eigenvalue weighted by Crippen LogP contribution is -2.46. The fourth-order valence-corrected chi connectivity index (χ4v) is 5.07. The van der Waals surface area contributed by atoms with E-state index < -0.39 is 11.7 Å². The van der Waals surface area contributed by atoms with Gasteiger partial charge < -0.3 is 9.80 Å². The summed E-state index contributed by atoms with van der Waals surface area (Å²) in [5.41, 5.74) is 1.14. The van der Waals surface area contributed by atoms with E-state index in [1.807, 2.05) is 18.2 Å². The SMILES string of the molecule is CC(C)N1CCC(N2c3ccccc3Sc3ccc(C(F)(F)F)cc32)CC1. The van der Waals surface area contributed by atoms with E-state index in [9.17, 15) is 13.2 Å². The minimum absolute atomic E-state index is 0.212. The van der Waals surface area contributed by atoms with Crippen LogP contribution < -0.4 is 4.90 Å². The molecular weight excluding hydrogens is 369 g/mol. The van der Waals surface area contributed by atoms with Crippen molar-refractivity contribution in [3.63, 3.8) is 0 Å². The molecule has 2 aromatic rings. The van der Waals surface area contributed by atoms with Crippen LogP contribution in [0.3, 0.4) is 0 Å². The van der Waals surface area contributed by atoms with Gasteiger partial charge in [0.1, 0.15) is 0 Å². The van der Waals surface area contributed by atoms with Crippen LogP contribution in [0.5, 0.6) is 0 Å². The van der Waals surface area contributed by atoms with Crippen molar-refractivity contribution in [2.24, 2.45) is 0 Å². The number of alkyl halides is 3. The van der Waals surface area contributed by atoms with Crippen molar-refractivity contribution in [1.29, 1.82) is 0 Å². The average molecular weight is 392 g/mol. The van der Waals surface area contributed by atoms with E-state index in [2.05, 4.69) is 29.7 Å². The van der Waals surface area contributed by atoms with E-state index in [0.717, 1.165) is 41.4 Å². The Morgan fingerprint density at radius 1 is 0.963 bits per heavy atom. The van der Waals surface area contributed by atoms with Crippen LogP contribution in [-0.4, -0.2) is 30.1 Å². The predicted octanol–water partition coefficient (Wildman–Crippen LogP) is 6.18. The number of hydrogen-bond acceptors (Lipinski definition) is 3. The van der Waals surface area contributed by atoms with Gasteiger partial charge in [0, 0.05) is 35.0 Å². The lowest BCUT2D eigenvalue weighted by atomic mass is 9.99. The van der Waals surface area contributed by atoms with Crippen molar-refractivity contribution in [2.45, 2.75) is 54.7 Å². The first-order chi connectivity index (χ1) is 12.8. The summed E-state index contributed by atoms with van der Waals surface area (Å²) in [4.78, 5) is 6.60. The third kappa shape index (κ3) is 3.57. The van der Waals surface area contributed by atoms with Gasteiger partial charge in [0.25, 0.3) is 0 Å². The molecule has 0 saturated carbocycles. The molecule has 2 aliphatic rings. The Kier molecular flexibility index (Phi) is 4.89. The number of piperidine rings is 1. The molecule has 2 heterocycles. The van der Waals surface area contributed by atoms with Crippen molar-refractivity contribution in [3.05, 3.63) is 48.0 Å². The number of fused-ring (bicyclic) bond motifs is 2. The van der Waals surface area contributed by atoms with Gasteiger partial charge in [-0.25, -0.2) is 0 Å². The maximum absolute atomic E-state index is 13.3. The number of rotatable bonds is 2. The molecular formula is C21H23F3N2S. The van der Waals surface area contributed by atoms with Crippen LogP contribution in [0.4, 0.5) is 24.5 Å². The van der Waals surface area contributed by atoms with E-state index >= 15 is 0 Å². The maximum Gasteiger partial charge on any atom is 0.416 e. The summed E-state index contributed by atoms with van der Waals surface area (Å²) in [5, 5.41) is 0. The Balaban J connectivity index is 1.74. The highest BCUT2D eigenvalue weighted by atomic mass is 32.2. The van der Waals surface area contributed by atoms with E-state index in [1.165, 1.54) is 12.1 Å². The molecule has 0 spiro atoms. The highest BCUT2D eigenvalue weighted by molar-refractivity contribution is 7.99. The third-order valence-electron chi connectivity index (χ3n) is 5.49. The highest BCUT2D eigenvalue weighted by Gasteiger charge is 2.36. The van der Waals surface area contributed by atoms with Crippen molar-refractivity contribution >= 4 is 23.1 Å². The molecule has 0 aromatic heterocycles. The molecule has 0 atom stereocenters.